The van der Waals surface area contributed by atoms with Crippen LogP contribution < -0.4 is 0 Å². The third-order valence-corrected chi connectivity index (χ3v) is 3.11. The fraction of sp³-hybridized carbons (Fsp3) is 0.364. The SMILES string of the molecule is CO.CO.[CH2-]C(C)(C)c1ccccc1.[CH2-]C(C)(C)c1ccccc1.[Hf]. The molecule has 3 heteroatoms. The maximum atomic E-state index is 7.00. The second-order valence-electron chi connectivity index (χ2n) is 6.50. The summed E-state index contributed by atoms with van der Waals surface area (Å²) in [6.07, 6.45) is 0. The van der Waals surface area contributed by atoms with Crippen molar-refractivity contribution in [3.63, 3.8) is 0 Å². The summed E-state index contributed by atoms with van der Waals surface area (Å²) in [5.41, 5.74) is 2.66. The van der Waals surface area contributed by atoms with Gasteiger partial charge in [0, 0.05) is 40.1 Å². The normalized spacial score (nSPS) is 9.68. The maximum Gasteiger partial charge on any atom is 0.0319 e. The van der Waals surface area contributed by atoms with Crippen molar-refractivity contribution < 1.29 is 36.1 Å². The van der Waals surface area contributed by atoms with E-state index in [4.69, 9.17) is 10.2 Å². The summed E-state index contributed by atoms with van der Waals surface area (Å²) in [6, 6.07) is 20.6. The van der Waals surface area contributed by atoms with Gasteiger partial charge in [-0.15, -0.1) is 10.8 Å². The van der Waals surface area contributed by atoms with Gasteiger partial charge in [0.15, 0.2) is 0 Å². The van der Waals surface area contributed by atoms with Gasteiger partial charge in [-0.1, -0.05) is 99.5 Å². The molecule has 0 atom stereocenters. The van der Waals surface area contributed by atoms with E-state index in [-0.39, 0.29) is 36.7 Å². The molecule has 2 rings (SSSR count). The third kappa shape index (κ3) is 14.1. The summed E-state index contributed by atoms with van der Waals surface area (Å²) in [5, 5.41) is 14.0. The second kappa shape index (κ2) is 15.5. The van der Waals surface area contributed by atoms with Crippen molar-refractivity contribution in [2.45, 2.75) is 38.5 Å². The maximum absolute atomic E-state index is 7.00. The van der Waals surface area contributed by atoms with Gasteiger partial charge in [-0.2, -0.15) is 0 Å². The number of aliphatic hydroxyl groups excluding tert-OH is 2. The summed E-state index contributed by atoms with van der Waals surface area (Å²) in [7, 11) is 2.00. The van der Waals surface area contributed by atoms with Gasteiger partial charge >= 0.3 is 0 Å². The van der Waals surface area contributed by atoms with E-state index >= 15 is 0 Å². The molecule has 0 aliphatic rings. The first-order valence-corrected chi connectivity index (χ1v) is 7.92. The molecule has 0 unspecified atom stereocenters. The largest absolute Gasteiger partial charge is 0.400 e. The number of hydrogen-bond donors (Lipinski definition) is 2. The quantitative estimate of drug-likeness (QED) is 0.451. The molecule has 0 aromatic heterocycles. The molecule has 2 aromatic rings. The van der Waals surface area contributed by atoms with E-state index in [9.17, 15) is 0 Å². The minimum absolute atomic E-state index is 0. The van der Waals surface area contributed by atoms with Crippen LogP contribution in [0.3, 0.4) is 0 Å². The minimum Gasteiger partial charge on any atom is -0.400 e. The Morgan fingerprint density at radius 1 is 0.560 bits per heavy atom. The Morgan fingerprint density at radius 2 is 0.760 bits per heavy atom. The van der Waals surface area contributed by atoms with Crippen molar-refractivity contribution in [1.82, 2.24) is 0 Å². The van der Waals surface area contributed by atoms with E-state index < -0.39 is 0 Å². The second-order valence-corrected chi connectivity index (χ2v) is 6.50. The molecule has 0 heterocycles. The van der Waals surface area contributed by atoms with Crippen molar-refractivity contribution in [2.24, 2.45) is 0 Å². The molecule has 0 saturated heterocycles. The molecule has 140 valence electrons. The molecule has 0 spiro atoms. The average molecular weight is 509 g/mol. The van der Waals surface area contributed by atoms with Gasteiger partial charge in [0.25, 0.3) is 0 Å². The molecular weight excluding hydrogens is 475 g/mol. The van der Waals surface area contributed by atoms with Crippen LogP contribution in [0.1, 0.15) is 38.8 Å². The molecule has 0 saturated carbocycles. The minimum atomic E-state index is 0. The molecule has 0 fully saturated rings. The Balaban J connectivity index is -0.000000312. The molecule has 2 N–H and O–H groups in total. The molecule has 0 amide bonds. The first-order chi connectivity index (χ1) is 11.2. The van der Waals surface area contributed by atoms with Gasteiger partial charge in [0.1, 0.15) is 0 Å². The molecule has 2 aromatic carbocycles. The van der Waals surface area contributed by atoms with E-state index in [1.807, 2.05) is 36.4 Å². The average Bonchev–Trinajstić information content (AvgIpc) is 2.59. The Morgan fingerprint density at radius 3 is 0.880 bits per heavy atom. The van der Waals surface area contributed by atoms with Crippen molar-refractivity contribution >= 4 is 0 Å². The van der Waals surface area contributed by atoms with Crippen LogP contribution in [0, 0.1) is 13.8 Å². The van der Waals surface area contributed by atoms with E-state index in [0.29, 0.717) is 0 Å². The van der Waals surface area contributed by atoms with E-state index in [2.05, 4.69) is 65.8 Å². The van der Waals surface area contributed by atoms with E-state index in [0.717, 1.165) is 14.2 Å². The van der Waals surface area contributed by atoms with Gasteiger partial charge in [-0.25, -0.2) is 0 Å². The zero-order chi connectivity index (χ0) is 19.2. The van der Waals surface area contributed by atoms with Gasteiger partial charge in [0.05, 0.1) is 0 Å². The molecule has 0 radical (unpaired) electrons. The third-order valence-electron chi connectivity index (χ3n) is 3.11. The van der Waals surface area contributed by atoms with Crippen LogP contribution in [0.25, 0.3) is 0 Å². The van der Waals surface area contributed by atoms with Gasteiger partial charge < -0.3 is 24.1 Å². The Kier molecular flexibility index (Phi) is 18.0. The first kappa shape index (κ1) is 29.0. The van der Waals surface area contributed by atoms with Crippen LogP contribution >= 0.6 is 0 Å². The Hall–Kier alpha value is -0.770. The van der Waals surface area contributed by atoms with Crippen LogP contribution in [0.2, 0.25) is 0 Å². The molecule has 0 bridgehead atoms. The van der Waals surface area contributed by atoms with Gasteiger partial charge in [0.2, 0.25) is 0 Å². The summed E-state index contributed by atoms with van der Waals surface area (Å²) in [6.45, 7) is 16.5. The van der Waals surface area contributed by atoms with Crippen LogP contribution in [-0.2, 0) is 36.7 Å². The monoisotopic (exact) mass is 510 g/mol. The fourth-order valence-corrected chi connectivity index (χ4v) is 1.78. The van der Waals surface area contributed by atoms with Gasteiger partial charge in [-0.3, -0.25) is 0 Å². The van der Waals surface area contributed by atoms with Crippen LogP contribution in [-0.4, -0.2) is 24.4 Å². The Labute approximate surface area is 174 Å². The summed E-state index contributed by atoms with van der Waals surface area (Å²) >= 11 is 0. The molecule has 2 nitrogen and oxygen atoms in total. The zero-order valence-electron chi connectivity index (χ0n) is 16.6. The van der Waals surface area contributed by atoms with Crippen molar-refractivity contribution in [3.05, 3.63) is 85.6 Å². The topological polar surface area (TPSA) is 40.5 Å². The van der Waals surface area contributed by atoms with Crippen LogP contribution in [0.4, 0.5) is 0 Å². The zero-order valence-corrected chi connectivity index (χ0v) is 20.2. The van der Waals surface area contributed by atoms with Crippen LogP contribution in [0.15, 0.2) is 60.7 Å². The Bertz CT molecular complexity index is 448. The predicted molar refractivity (Wildman–Crippen MR) is 106 cm³/mol. The smallest absolute Gasteiger partial charge is 0.0319 e. The number of benzene rings is 2. The van der Waals surface area contributed by atoms with Gasteiger partial charge in [-0.05, 0) is 0 Å². The van der Waals surface area contributed by atoms with E-state index in [1.165, 1.54) is 11.1 Å². The van der Waals surface area contributed by atoms with Crippen molar-refractivity contribution in [2.75, 3.05) is 14.2 Å². The number of hydrogen-bond acceptors (Lipinski definition) is 2. The van der Waals surface area contributed by atoms with Crippen molar-refractivity contribution in [3.8, 4) is 0 Å². The van der Waals surface area contributed by atoms with E-state index in [1.54, 1.807) is 0 Å². The molecular formula is C22H34HfO2-2. The van der Waals surface area contributed by atoms with Crippen molar-refractivity contribution in [1.29, 1.82) is 0 Å². The molecule has 25 heavy (non-hydrogen) atoms. The van der Waals surface area contributed by atoms with Crippen LogP contribution in [0.5, 0.6) is 0 Å². The fourth-order valence-electron chi connectivity index (χ4n) is 1.78. The number of rotatable bonds is 2. The predicted octanol–water partition coefficient (Wildman–Crippen LogP) is 4.81. The number of aliphatic hydroxyl groups is 2. The summed E-state index contributed by atoms with van der Waals surface area (Å²) in [5.74, 6) is 0. The summed E-state index contributed by atoms with van der Waals surface area (Å²) < 4.78 is 0. The molecule has 0 aliphatic carbocycles. The first-order valence-electron chi connectivity index (χ1n) is 7.92. The standard InChI is InChI=1S/2C10H13.2CH4O.Hf/c2*1-10(2,3)9-7-5-4-6-8-9;2*1-2;/h2*4-8H,1H2,2-3H3;2*2H,1H3;/q2*-1;;;. The summed E-state index contributed by atoms with van der Waals surface area (Å²) in [4.78, 5) is 0. The molecule has 0 aliphatic heterocycles.